The van der Waals surface area contributed by atoms with Gasteiger partial charge in [-0.05, 0) is 18.6 Å². The fourth-order valence-corrected chi connectivity index (χ4v) is 4.46. The molecular weight excluding hydrogens is 282 g/mol. The minimum absolute atomic E-state index is 0.0929. The highest BCUT2D eigenvalue weighted by atomic mass is 35.5. The van der Waals surface area contributed by atoms with Crippen LogP contribution < -0.4 is 4.72 Å². The molecule has 8 heteroatoms. The average Bonchev–Trinajstić information content (AvgIpc) is 2.88. The Morgan fingerprint density at radius 3 is 3.00 bits per heavy atom. The molecule has 17 heavy (non-hydrogen) atoms. The van der Waals surface area contributed by atoms with E-state index >= 15 is 0 Å². The Balaban J connectivity index is 2.05. The molecular formula is C9H14ClN3O2S2. The van der Waals surface area contributed by atoms with Gasteiger partial charge in [-0.2, -0.15) is 11.8 Å². The molecule has 1 atom stereocenters. The zero-order valence-corrected chi connectivity index (χ0v) is 11.8. The SMILES string of the molecule is Cn1cnc(S(=O)(=O)NCC2CCCS2)c1Cl. The Bertz CT molecular complexity index is 494. The second-order valence-electron chi connectivity index (χ2n) is 3.94. The summed E-state index contributed by atoms with van der Waals surface area (Å²) < 4.78 is 27.9. The first-order chi connectivity index (χ1) is 8.00. The van der Waals surface area contributed by atoms with Gasteiger partial charge >= 0.3 is 0 Å². The summed E-state index contributed by atoms with van der Waals surface area (Å²) in [6.45, 7) is 0.444. The van der Waals surface area contributed by atoms with E-state index in [1.165, 1.54) is 10.9 Å². The van der Waals surface area contributed by atoms with Crippen LogP contribution in [-0.4, -0.2) is 35.5 Å². The van der Waals surface area contributed by atoms with Crippen molar-refractivity contribution >= 4 is 33.4 Å². The molecule has 1 aliphatic heterocycles. The van der Waals surface area contributed by atoms with Crippen LogP contribution in [0.15, 0.2) is 11.4 Å². The van der Waals surface area contributed by atoms with Gasteiger partial charge in [-0.15, -0.1) is 0 Å². The third-order valence-electron chi connectivity index (χ3n) is 2.61. The van der Waals surface area contributed by atoms with E-state index in [9.17, 15) is 8.42 Å². The number of nitrogens with zero attached hydrogens (tertiary/aromatic N) is 2. The summed E-state index contributed by atoms with van der Waals surface area (Å²) in [5, 5.41) is 0.411. The van der Waals surface area contributed by atoms with Gasteiger partial charge in [0.2, 0.25) is 5.03 Å². The van der Waals surface area contributed by atoms with E-state index in [1.807, 2.05) is 0 Å². The van der Waals surface area contributed by atoms with Crippen molar-refractivity contribution in [2.24, 2.45) is 7.05 Å². The molecule has 0 aliphatic carbocycles. The molecule has 2 heterocycles. The fraction of sp³-hybridized carbons (Fsp3) is 0.667. The van der Waals surface area contributed by atoms with Gasteiger partial charge in [0, 0.05) is 18.8 Å². The lowest BCUT2D eigenvalue weighted by atomic mass is 10.2. The highest BCUT2D eigenvalue weighted by molar-refractivity contribution is 8.00. The molecule has 0 spiro atoms. The topological polar surface area (TPSA) is 64.0 Å². The van der Waals surface area contributed by atoms with E-state index in [1.54, 1.807) is 18.8 Å². The minimum Gasteiger partial charge on any atom is -0.324 e. The van der Waals surface area contributed by atoms with Crippen LogP contribution in [0, 0.1) is 0 Å². The number of thioether (sulfide) groups is 1. The number of halogens is 1. The van der Waals surface area contributed by atoms with Crippen molar-refractivity contribution in [1.29, 1.82) is 0 Å². The molecule has 1 saturated heterocycles. The van der Waals surface area contributed by atoms with Crippen LogP contribution >= 0.6 is 23.4 Å². The van der Waals surface area contributed by atoms with Crippen molar-refractivity contribution in [3.8, 4) is 0 Å². The van der Waals surface area contributed by atoms with Gasteiger partial charge in [-0.3, -0.25) is 0 Å². The maximum Gasteiger partial charge on any atom is 0.261 e. The fourth-order valence-electron chi connectivity index (χ4n) is 1.65. The second-order valence-corrected chi connectivity index (χ2v) is 7.39. The Morgan fingerprint density at radius 2 is 2.47 bits per heavy atom. The number of hydrogen-bond acceptors (Lipinski definition) is 4. The summed E-state index contributed by atoms with van der Waals surface area (Å²) >= 11 is 7.67. The molecule has 1 aromatic rings. The monoisotopic (exact) mass is 295 g/mol. The first kappa shape index (κ1) is 13.2. The molecule has 0 bridgehead atoms. The van der Waals surface area contributed by atoms with Crippen molar-refractivity contribution in [3.63, 3.8) is 0 Å². The van der Waals surface area contributed by atoms with Gasteiger partial charge < -0.3 is 4.57 Å². The van der Waals surface area contributed by atoms with E-state index in [0.717, 1.165) is 18.6 Å². The predicted octanol–water partition coefficient (Wildman–Crippen LogP) is 1.25. The largest absolute Gasteiger partial charge is 0.324 e. The Kier molecular flexibility index (Phi) is 4.02. The van der Waals surface area contributed by atoms with Gasteiger partial charge in [0.1, 0.15) is 5.15 Å². The van der Waals surface area contributed by atoms with Crippen LogP contribution in [0.2, 0.25) is 5.15 Å². The first-order valence-electron chi connectivity index (χ1n) is 5.29. The number of hydrogen-bond donors (Lipinski definition) is 1. The number of nitrogens with one attached hydrogen (secondary N) is 1. The van der Waals surface area contributed by atoms with Crippen LogP contribution in [-0.2, 0) is 17.1 Å². The van der Waals surface area contributed by atoms with Crippen LogP contribution in [0.1, 0.15) is 12.8 Å². The van der Waals surface area contributed by atoms with E-state index in [-0.39, 0.29) is 10.2 Å². The lowest BCUT2D eigenvalue weighted by molar-refractivity contribution is 0.576. The minimum atomic E-state index is -3.58. The molecule has 5 nitrogen and oxygen atoms in total. The quantitative estimate of drug-likeness (QED) is 0.908. The normalized spacial score (nSPS) is 20.9. The second kappa shape index (κ2) is 5.17. The lowest BCUT2D eigenvalue weighted by Crippen LogP contribution is -2.30. The van der Waals surface area contributed by atoms with Gasteiger partial charge in [0.15, 0.2) is 0 Å². The molecule has 1 N–H and O–H groups in total. The smallest absolute Gasteiger partial charge is 0.261 e. The highest BCUT2D eigenvalue weighted by Crippen LogP contribution is 2.26. The molecule has 0 saturated carbocycles. The van der Waals surface area contributed by atoms with Crippen LogP contribution in [0.25, 0.3) is 0 Å². The van der Waals surface area contributed by atoms with Crippen LogP contribution in [0.4, 0.5) is 0 Å². The average molecular weight is 296 g/mol. The summed E-state index contributed by atoms with van der Waals surface area (Å²) in [4.78, 5) is 3.81. The third-order valence-corrected chi connectivity index (χ3v) is 5.92. The number of aromatic nitrogens is 2. The summed E-state index contributed by atoms with van der Waals surface area (Å²) in [5.74, 6) is 1.11. The maximum absolute atomic E-state index is 11.9. The Morgan fingerprint density at radius 1 is 1.71 bits per heavy atom. The van der Waals surface area contributed by atoms with Crippen molar-refractivity contribution in [1.82, 2.24) is 14.3 Å². The molecule has 2 rings (SSSR count). The molecule has 96 valence electrons. The highest BCUT2D eigenvalue weighted by Gasteiger charge is 2.24. The Labute approximate surface area is 110 Å². The van der Waals surface area contributed by atoms with Crippen LogP contribution in [0.5, 0.6) is 0 Å². The number of rotatable bonds is 4. The molecule has 1 aromatic heterocycles. The lowest BCUT2D eigenvalue weighted by Gasteiger charge is -2.09. The Hall–Kier alpha value is -0.240. The maximum atomic E-state index is 11.9. The number of aryl methyl sites for hydroxylation is 1. The van der Waals surface area contributed by atoms with Crippen molar-refractivity contribution in [3.05, 3.63) is 11.5 Å². The van der Waals surface area contributed by atoms with E-state index in [0.29, 0.717) is 11.8 Å². The van der Waals surface area contributed by atoms with Crippen molar-refractivity contribution in [2.45, 2.75) is 23.1 Å². The van der Waals surface area contributed by atoms with E-state index in [4.69, 9.17) is 11.6 Å². The third kappa shape index (κ3) is 2.96. The molecule has 1 aliphatic rings. The van der Waals surface area contributed by atoms with Crippen LogP contribution in [0.3, 0.4) is 0 Å². The molecule has 1 unspecified atom stereocenters. The zero-order chi connectivity index (χ0) is 12.5. The summed E-state index contributed by atoms with van der Waals surface area (Å²) in [6.07, 6.45) is 3.60. The summed E-state index contributed by atoms with van der Waals surface area (Å²) in [7, 11) is -1.93. The standard InChI is InChI=1S/C9H14ClN3O2S2/c1-13-6-11-9(8(13)10)17(14,15)12-5-7-3-2-4-16-7/h6-7,12H,2-5H2,1H3. The molecule has 0 amide bonds. The predicted molar refractivity (Wildman–Crippen MR) is 68.9 cm³/mol. The van der Waals surface area contributed by atoms with Gasteiger partial charge in [-0.25, -0.2) is 18.1 Å². The number of imidazole rings is 1. The van der Waals surface area contributed by atoms with Crippen molar-refractivity contribution in [2.75, 3.05) is 12.3 Å². The first-order valence-corrected chi connectivity index (χ1v) is 8.20. The number of sulfonamides is 1. The van der Waals surface area contributed by atoms with E-state index in [2.05, 4.69) is 9.71 Å². The summed E-state index contributed by atoms with van der Waals surface area (Å²) in [5.41, 5.74) is 0. The molecule has 0 aromatic carbocycles. The summed E-state index contributed by atoms with van der Waals surface area (Å²) in [6, 6.07) is 0. The molecule has 1 fully saturated rings. The van der Waals surface area contributed by atoms with E-state index < -0.39 is 10.0 Å². The van der Waals surface area contributed by atoms with Crippen molar-refractivity contribution < 1.29 is 8.42 Å². The van der Waals surface area contributed by atoms with Gasteiger partial charge in [-0.1, -0.05) is 11.6 Å². The van der Waals surface area contributed by atoms with Gasteiger partial charge in [0.05, 0.1) is 6.33 Å². The molecule has 0 radical (unpaired) electrons. The zero-order valence-electron chi connectivity index (χ0n) is 9.39. The van der Waals surface area contributed by atoms with Gasteiger partial charge in [0.25, 0.3) is 10.0 Å².